The molecule has 0 radical (unpaired) electrons. The van der Waals surface area contributed by atoms with Crippen molar-refractivity contribution in [2.45, 2.75) is 51.2 Å². The summed E-state index contributed by atoms with van der Waals surface area (Å²) in [6.07, 6.45) is 1.74. The van der Waals surface area contributed by atoms with Gasteiger partial charge in [-0.15, -0.1) is 0 Å². The fourth-order valence-corrected chi connectivity index (χ4v) is 2.49. The molecule has 6 N–H and O–H groups in total. The van der Waals surface area contributed by atoms with Crippen LogP contribution in [0.4, 0.5) is 0 Å². The van der Waals surface area contributed by atoms with Gasteiger partial charge in [0.1, 0.15) is 12.1 Å². The molecule has 0 unspecified atom stereocenters. The van der Waals surface area contributed by atoms with Gasteiger partial charge in [0, 0.05) is 0 Å². The summed E-state index contributed by atoms with van der Waals surface area (Å²) in [5.41, 5.74) is 5.70. The van der Waals surface area contributed by atoms with E-state index < -0.39 is 48.3 Å². The minimum absolute atomic E-state index is 0.00822. The molecule has 0 saturated carbocycles. The maximum atomic E-state index is 12.2. The summed E-state index contributed by atoms with van der Waals surface area (Å²) < 4.78 is 0. The first-order valence-electron chi connectivity index (χ1n) is 7.88. The molecule has 144 valence electrons. The van der Waals surface area contributed by atoms with Gasteiger partial charge in [-0.1, -0.05) is 13.8 Å². The van der Waals surface area contributed by atoms with Crippen LogP contribution >= 0.6 is 11.8 Å². The SMILES string of the molecule is CSCC[C@H](N)C(=O)N[C@@H](CC(=O)O)C(=O)N[C@@H](CC(C)C)C(=O)O. The van der Waals surface area contributed by atoms with Crippen LogP contribution < -0.4 is 16.4 Å². The zero-order valence-electron chi connectivity index (χ0n) is 14.7. The van der Waals surface area contributed by atoms with Crippen molar-refractivity contribution in [2.24, 2.45) is 11.7 Å². The molecule has 2 amide bonds. The summed E-state index contributed by atoms with van der Waals surface area (Å²) in [7, 11) is 0. The van der Waals surface area contributed by atoms with Gasteiger partial charge >= 0.3 is 11.9 Å². The molecule has 9 nitrogen and oxygen atoms in total. The van der Waals surface area contributed by atoms with Gasteiger partial charge in [-0.05, 0) is 30.8 Å². The number of aliphatic carboxylic acids is 2. The highest BCUT2D eigenvalue weighted by atomic mass is 32.2. The molecule has 0 aliphatic heterocycles. The Labute approximate surface area is 151 Å². The number of nitrogens with one attached hydrogen (secondary N) is 2. The van der Waals surface area contributed by atoms with E-state index in [-0.39, 0.29) is 12.3 Å². The van der Waals surface area contributed by atoms with Crippen molar-refractivity contribution in [3.8, 4) is 0 Å². The second-order valence-corrected chi connectivity index (χ2v) is 7.06. The van der Waals surface area contributed by atoms with Crippen LogP contribution in [0.3, 0.4) is 0 Å². The van der Waals surface area contributed by atoms with Crippen LogP contribution in [0.25, 0.3) is 0 Å². The van der Waals surface area contributed by atoms with Crippen molar-refractivity contribution >= 4 is 35.5 Å². The Kier molecular flexibility index (Phi) is 10.8. The average molecular weight is 377 g/mol. The molecule has 0 aliphatic carbocycles. The summed E-state index contributed by atoms with van der Waals surface area (Å²) in [6.45, 7) is 3.59. The monoisotopic (exact) mass is 377 g/mol. The standard InChI is InChI=1S/C15H27N3O6S/c1-8(2)6-11(15(23)24)18-14(22)10(7-12(19)20)17-13(21)9(16)4-5-25-3/h8-11H,4-7,16H2,1-3H3,(H,17,21)(H,18,22)(H,19,20)(H,23,24)/t9-,10-,11-/m0/s1. The van der Waals surface area contributed by atoms with Gasteiger partial charge in [0.25, 0.3) is 0 Å². The molecule has 0 aromatic rings. The van der Waals surface area contributed by atoms with Gasteiger partial charge in [-0.3, -0.25) is 14.4 Å². The lowest BCUT2D eigenvalue weighted by molar-refractivity contribution is -0.143. The van der Waals surface area contributed by atoms with Crippen LogP contribution in [0, 0.1) is 5.92 Å². The van der Waals surface area contributed by atoms with E-state index in [2.05, 4.69) is 10.6 Å². The Balaban J connectivity index is 4.99. The largest absolute Gasteiger partial charge is 0.481 e. The molecule has 0 bridgehead atoms. The Hall–Kier alpha value is -1.81. The maximum absolute atomic E-state index is 12.2. The third kappa shape index (κ3) is 9.92. The van der Waals surface area contributed by atoms with Crippen molar-refractivity contribution in [3.63, 3.8) is 0 Å². The lowest BCUT2D eigenvalue weighted by Gasteiger charge is -2.22. The summed E-state index contributed by atoms with van der Waals surface area (Å²) in [6, 6.07) is -3.42. The van der Waals surface area contributed by atoms with E-state index in [0.717, 1.165) is 0 Å². The molecule has 25 heavy (non-hydrogen) atoms. The molecule has 0 fully saturated rings. The third-order valence-corrected chi connectivity index (χ3v) is 3.95. The molecular formula is C15H27N3O6S. The number of carboxylic acid groups (broad SMARTS) is 2. The number of carbonyl (C=O) groups is 4. The first-order valence-corrected chi connectivity index (χ1v) is 9.27. The smallest absolute Gasteiger partial charge is 0.326 e. The van der Waals surface area contributed by atoms with Gasteiger partial charge in [-0.25, -0.2) is 4.79 Å². The molecule has 0 aliphatic rings. The van der Waals surface area contributed by atoms with E-state index in [4.69, 9.17) is 15.9 Å². The summed E-state index contributed by atoms with van der Waals surface area (Å²) in [5.74, 6) is -3.38. The fourth-order valence-electron chi connectivity index (χ4n) is 2.00. The lowest BCUT2D eigenvalue weighted by Crippen LogP contribution is -2.55. The van der Waals surface area contributed by atoms with E-state index in [1.165, 1.54) is 11.8 Å². The lowest BCUT2D eigenvalue weighted by atomic mass is 10.0. The second kappa shape index (κ2) is 11.7. The molecule has 0 aromatic carbocycles. The number of carboxylic acids is 2. The summed E-state index contributed by atoms with van der Waals surface area (Å²) in [5, 5.41) is 22.7. The van der Waals surface area contributed by atoms with Crippen LogP contribution in [0.15, 0.2) is 0 Å². The van der Waals surface area contributed by atoms with E-state index in [0.29, 0.717) is 12.2 Å². The maximum Gasteiger partial charge on any atom is 0.326 e. The van der Waals surface area contributed by atoms with Crippen molar-refractivity contribution in [1.29, 1.82) is 0 Å². The second-order valence-electron chi connectivity index (χ2n) is 6.08. The molecule has 0 saturated heterocycles. The predicted molar refractivity (Wildman–Crippen MR) is 94.2 cm³/mol. The number of hydrogen-bond donors (Lipinski definition) is 5. The van der Waals surface area contributed by atoms with Crippen molar-refractivity contribution in [2.75, 3.05) is 12.0 Å². The number of nitrogens with two attached hydrogens (primary N) is 1. The number of rotatable bonds is 12. The third-order valence-electron chi connectivity index (χ3n) is 3.30. The van der Waals surface area contributed by atoms with Crippen LogP contribution in [-0.4, -0.2) is 64.1 Å². The molecule has 3 atom stereocenters. The van der Waals surface area contributed by atoms with Crippen LogP contribution in [0.5, 0.6) is 0 Å². The van der Waals surface area contributed by atoms with E-state index in [1.807, 2.05) is 6.26 Å². The predicted octanol–water partition coefficient (Wildman–Crippen LogP) is -0.358. The van der Waals surface area contributed by atoms with E-state index >= 15 is 0 Å². The highest BCUT2D eigenvalue weighted by molar-refractivity contribution is 7.98. The Morgan fingerprint density at radius 1 is 1.04 bits per heavy atom. The van der Waals surface area contributed by atoms with Gasteiger partial charge < -0.3 is 26.6 Å². The normalized spacial score (nSPS) is 14.4. The van der Waals surface area contributed by atoms with Crippen molar-refractivity contribution in [3.05, 3.63) is 0 Å². The van der Waals surface area contributed by atoms with Gasteiger partial charge in [-0.2, -0.15) is 11.8 Å². The molecule has 0 spiro atoms. The van der Waals surface area contributed by atoms with Crippen LogP contribution in [0.2, 0.25) is 0 Å². The summed E-state index contributed by atoms with van der Waals surface area (Å²) >= 11 is 1.50. The molecule has 0 heterocycles. The quantitative estimate of drug-likeness (QED) is 0.308. The average Bonchev–Trinajstić information content (AvgIpc) is 2.49. The van der Waals surface area contributed by atoms with Crippen LogP contribution in [0.1, 0.15) is 33.1 Å². The van der Waals surface area contributed by atoms with Gasteiger partial charge in [0.15, 0.2) is 0 Å². The molecule has 10 heteroatoms. The molecule has 0 rings (SSSR count). The Morgan fingerprint density at radius 3 is 2.04 bits per heavy atom. The number of amides is 2. The summed E-state index contributed by atoms with van der Waals surface area (Å²) in [4.78, 5) is 46.4. The molecular weight excluding hydrogens is 350 g/mol. The van der Waals surface area contributed by atoms with E-state index in [1.54, 1.807) is 13.8 Å². The van der Waals surface area contributed by atoms with Gasteiger partial charge in [0.2, 0.25) is 11.8 Å². The highest BCUT2D eigenvalue weighted by Gasteiger charge is 2.29. The minimum Gasteiger partial charge on any atom is -0.481 e. The highest BCUT2D eigenvalue weighted by Crippen LogP contribution is 2.06. The Morgan fingerprint density at radius 2 is 1.60 bits per heavy atom. The van der Waals surface area contributed by atoms with Crippen LogP contribution in [-0.2, 0) is 19.2 Å². The minimum atomic E-state index is -1.39. The first-order chi connectivity index (χ1) is 11.6. The first kappa shape index (κ1) is 23.2. The number of thioether (sulfide) groups is 1. The molecule has 0 aromatic heterocycles. The van der Waals surface area contributed by atoms with Crippen molar-refractivity contribution in [1.82, 2.24) is 10.6 Å². The van der Waals surface area contributed by atoms with E-state index in [9.17, 15) is 19.2 Å². The van der Waals surface area contributed by atoms with Gasteiger partial charge in [0.05, 0.1) is 12.5 Å². The van der Waals surface area contributed by atoms with Crippen molar-refractivity contribution < 1.29 is 29.4 Å². The fraction of sp³-hybridized carbons (Fsp3) is 0.733. The number of hydrogen-bond acceptors (Lipinski definition) is 6. The topological polar surface area (TPSA) is 159 Å². The zero-order chi connectivity index (χ0) is 19.6. The Bertz CT molecular complexity index is 486. The zero-order valence-corrected chi connectivity index (χ0v) is 15.5. The number of carbonyl (C=O) groups excluding carboxylic acids is 2.